The van der Waals surface area contributed by atoms with Crippen LogP contribution >= 0.6 is 11.3 Å². The van der Waals surface area contributed by atoms with Gasteiger partial charge in [0, 0.05) is 17.1 Å². The molecule has 3 heteroatoms. The molecule has 4 unspecified atom stereocenters. The highest BCUT2D eigenvalue weighted by molar-refractivity contribution is 7.09. The molecule has 0 aromatic carbocycles. The number of aromatic nitrogens is 1. The van der Waals surface area contributed by atoms with E-state index in [9.17, 15) is 0 Å². The Labute approximate surface area is 114 Å². The second kappa shape index (κ2) is 5.70. The van der Waals surface area contributed by atoms with E-state index in [-0.39, 0.29) is 0 Å². The van der Waals surface area contributed by atoms with Gasteiger partial charge in [-0.25, -0.2) is 0 Å². The van der Waals surface area contributed by atoms with Crippen molar-refractivity contribution in [2.75, 3.05) is 0 Å². The zero-order valence-corrected chi connectivity index (χ0v) is 11.9. The highest BCUT2D eigenvalue weighted by Crippen LogP contribution is 2.43. The number of nitrogens with two attached hydrogens (primary N) is 1. The van der Waals surface area contributed by atoms with Crippen LogP contribution in [0.5, 0.6) is 0 Å². The van der Waals surface area contributed by atoms with Gasteiger partial charge in [0.05, 0.1) is 5.51 Å². The van der Waals surface area contributed by atoms with E-state index in [0.717, 1.165) is 24.2 Å². The summed E-state index contributed by atoms with van der Waals surface area (Å²) in [4.78, 5) is 5.50. The van der Waals surface area contributed by atoms with Gasteiger partial charge >= 0.3 is 0 Å². The van der Waals surface area contributed by atoms with Crippen LogP contribution in [0.15, 0.2) is 11.7 Å². The third-order valence-corrected chi connectivity index (χ3v) is 5.91. The standard InChI is InChI=1S/C15H24N2S/c16-15(8-14-9-17-10-18-14)13-6-5-11-3-1-2-4-12(11)7-13/h9-13,15H,1-8,16H2. The van der Waals surface area contributed by atoms with Crippen molar-refractivity contribution in [1.29, 1.82) is 0 Å². The van der Waals surface area contributed by atoms with Gasteiger partial charge in [0.25, 0.3) is 0 Å². The Morgan fingerprint density at radius 1 is 1.22 bits per heavy atom. The van der Waals surface area contributed by atoms with Crippen molar-refractivity contribution in [2.24, 2.45) is 23.5 Å². The van der Waals surface area contributed by atoms with E-state index in [1.54, 1.807) is 11.3 Å². The van der Waals surface area contributed by atoms with Crippen molar-refractivity contribution in [3.63, 3.8) is 0 Å². The van der Waals surface area contributed by atoms with Crippen LogP contribution in [0.2, 0.25) is 0 Å². The molecule has 2 saturated carbocycles. The summed E-state index contributed by atoms with van der Waals surface area (Å²) < 4.78 is 0. The number of hydrogen-bond donors (Lipinski definition) is 1. The van der Waals surface area contributed by atoms with E-state index in [0.29, 0.717) is 6.04 Å². The van der Waals surface area contributed by atoms with Crippen molar-refractivity contribution in [3.8, 4) is 0 Å². The van der Waals surface area contributed by atoms with Gasteiger partial charge in [-0.05, 0) is 43.4 Å². The molecule has 4 atom stereocenters. The lowest BCUT2D eigenvalue weighted by molar-refractivity contribution is 0.117. The number of thiazole rings is 1. The lowest BCUT2D eigenvalue weighted by Gasteiger charge is -2.41. The summed E-state index contributed by atoms with van der Waals surface area (Å²) in [5.41, 5.74) is 8.36. The van der Waals surface area contributed by atoms with Crippen LogP contribution in [0.1, 0.15) is 49.8 Å². The van der Waals surface area contributed by atoms with Gasteiger partial charge in [-0.2, -0.15) is 0 Å². The van der Waals surface area contributed by atoms with Gasteiger partial charge < -0.3 is 5.73 Å². The summed E-state index contributed by atoms with van der Waals surface area (Å²) in [5.74, 6) is 2.78. The van der Waals surface area contributed by atoms with E-state index in [2.05, 4.69) is 4.98 Å². The van der Waals surface area contributed by atoms with Crippen LogP contribution in [0.3, 0.4) is 0 Å². The molecule has 0 radical (unpaired) electrons. The Morgan fingerprint density at radius 2 is 2.06 bits per heavy atom. The topological polar surface area (TPSA) is 38.9 Å². The van der Waals surface area contributed by atoms with Gasteiger partial charge in [0.1, 0.15) is 0 Å². The van der Waals surface area contributed by atoms with Crippen LogP contribution < -0.4 is 5.73 Å². The molecule has 0 amide bonds. The SMILES string of the molecule is NC(Cc1cncs1)C1CCC2CCCCC2C1. The van der Waals surface area contributed by atoms with E-state index in [1.807, 2.05) is 11.7 Å². The fraction of sp³-hybridized carbons (Fsp3) is 0.800. The maximum Gasteiger partial charge on any atom is 0.0794 e. The van der Waals surface area contributed by atoms with Crippen molar-refractivity contribution >= 4 is 11.3 Å². The Hall–Kier alpha value is -0.410. The van der Waals surface area contributed by atoms with Gasteiger partial charge in [-0.1, -0.05) is 25.7 Å². The second-order valence-corrected chi connectivity index (χ2v) is 7.18. The Bertz CT molecular complexity index is 363. The van der Waals surface area contributed by atoms with Crippen molar-refractivity contribution < 1.29 is 0 Å². The molecule has 18 heavy (non-hydrogen) atoms. The summed E-state index contributed by atoms with van der Waals surface area (Å²) in [7, 11) is 0. The normalized spacial score (nSPS) is 33.9. The monoisotopic (exact) mass is 264 g/mol. The number of hydrogen-bond acceptors (Lipinski definition) is 3. The average molecular weight is 264 g/mol. The second-order valence-electron chi connectivity index (χ2n) is 6.21. The Kier molecular flexibility index (Phi) is 4.00. The number of nitrogens with zero attached hydrogens (tertiary/aromatic N) is 1. The summed E-state index contributed by atoms with van der Waals surface area (Å²) in [6.45, 7) is 0. The molecule has 1 aromatic heterocycles. The van der Waals surface area contributed by atoms with Gasteiger partial charge in [0.2, 0.25) is 0 Å². The molecule has 100 valence electrons. The van der Waals surface area contributed by atoms with Crippen molar-refractivity contribution in [1.82, 2.24) is 4.98 Å². The smallest absolute Gasteiger partial charge is 0.0794 e. The fourth-order valence-electron chi connectivity index (χ4n) is 4.04. The third kappa shape index (κ3) is 2.77. The lowest BCUT2D eigenvalue weighted by Crippen LogP contribution is -2.38. The fourth-order valence-corrected chi connectivity index (χ4v) is 4.71. The largest absolute Gasteiger partial charge is 0.327 e. The average Bonchev–Trinajstić information content (AvgIpc) is 2.91. The summed E-state index contributed by atoms with van der Waals surface area (Å²) in [6, 6.07) is 0.355. The summed E-state index contributed by atoms with van der Waals surface area (Å²) in [6.07, 6.45) is 13.1. The Balaban J connectivity index is 1.56. The molecule has 1 aromatic rings. The molecule has 2 fully saturated rings. The van der Waals surface area contributed by atoms with Crippen LogP contribution in [-0.2, 0) is 6.42 Å². The minimum atomic E-state index is 0.355. The predicted molar refractivity (Wildman–Crippen MR) is 76.6 cm³/mol. The number of rotatable bonds is 3. The third-order valence-electron chi connectivity index (χ3n) is 5.11. The molecule has 2 N–H and O–H groups in total. The first-order chi connectivity index (χ1) is 8.83. The first-order valence-corrected chi connectivity index (χ1v) is 8.34. The van der Waals surface area contributed by atoms with Gasteiger partial charge in [-0.15, -0.1) is 11.3 Å². The van der Waals surface area contributed by atoms with Crippen molar-refractivity contribution in [2.45, 2.75) is 57.4 Å². The van der Waals surface area contributed by atoms with Gasteiger partial charge in [0.15, 0.2) is 0 Å². The summed E-state index contributed by atoms with van der Waals surface area (Å²) >= 11 is 1.75. The van der Waals surface area contributed by atoms with E-state index < -0.39 is 0 Å². The van der Waals surface area contributed by atoms with Crippen LogP contribution in [0.4, 0.5) is 0 Å². The lowest BCUT2D eigenvalue weighted by atomic mass is 9.66. The molecule has 0 saturated heterocycles. The minimum absolute atomic E-state index is 0.355. The molecular formula is C15H24N2S. The first-order valence-electron chi connectivity index (χ1n) is 7.46. The minimum Gasteiger partial charge on any atom is -0.327 e. The van der Waals surface area contributed by atoms with E-state index >= 15 is 0 Å². The number of fused-ring (bicyclic) bond motifs is 1. The molecule has 2 aliphatic rings. The molecule has 2 nitrogen and oxygen atoms in total. The zero-order valence-electron chi connectivity index (χ0n) is 11.1. The zero-order chi connectivity index (χ0) is 12.4. The first kappa shape index (κ1) is 12.6. The summed E-state index contributed by atoms with van der Waals surface area (Å²) in [5, 5.41) is 0. The van der Waals surface area contributed by atoms with E-state index in [4.69, 9.17) is 5.73 Å². The highest BCUT2D eigenvalue weighted by Gasteiger charge is 2.34. The van der Waals surface area contributed by atoms with E-state index in [1.165, 1.54) is 49.8 Å². The highest BCUT2D eigenvalue weighted by atomic mass is 32.1. The van der Waals surface area contributed by atoms with Gasteiger partial charge in [-0.3, -0.25) is 4.98 Å². The molecule has 0 bridgehead atoms. The van der Waals surface area contributed by atoms with Crippen LogP contribution in [0, 0.1) is 17.8 Å². The maximum atomic E-state index is 6.44. The van der Waals surface area contributed by atoms with Crippen LogP contribution in [-0.4, -0.2) is 11.0 Å². The van der Waals surface area contributed by atoms with Crippen LogP contribution in [0.25, 0.3) is 0 Å². The molecule has 3 rings (SSSR count). The molecule has 2 aliphatic carbocycles. The van der Waals surface area contributed by atoms with Crippen molar-refractivity contribution in [3.05, 3.63) is 16.6 Å². The maximum absolute atomic E-state index is 6.44. The Morgan fingerprint density at radius 3 is 2.83 bits per heavy atom. The molecule has 1 heterocycles. The molecule has 0 aliphatic heterocycles. The quantitative estimate of drug-likeness (QED) is 0.905. The predicted octanol–water partition coefficient (Wildman–Crippen LogP) is 3.62. The molecule has 0 spiro atoms. The molecular weight excluding hydrogens is 240 g/mol.